The first-order valence-corrected chi connectivity index (χ1v) is 21.7. The molecule has 0 fully saturated rings. The molecule has 282 valence electrons. The van der Waals surface area contributed by atoms with E-state index in [0.29, 0.717) is 38.9 Å². The molecule has 4 nitrogen and oxygen atoms in total. The van der Waals surface area contributed by atoms with E-state index in [4.69, 9.17) is 33.9 Å². The molecule has 0 aliphatic carbocycles. The second kappa shape index (κ2) is 38.9. The Morgan fingerprint density at radius 1 is 0.333 bits per heavy atom. The molecule has 0 aromatic rings. The maximum absolute atomic E-state index is 12.1. The van der Waals surface area contributed by atoms with Gasteiger partial charge in [0, 0.05) is 0 Å². The molecule has 0 saturated carbocycles. The van der Waals surface area contributed by atoms with E-state index in [-0.39, 0.29) is 11.9 Å². The highest BCUT2D eigenvalue weighted by molar-refractivity contribution is 7.80. The van der Waals surface area contributed by atoms with Crippen molar-refractivity contribution in [2.75, 3.05) is 13.2 Å². The number of thiocarbonyl (C=S) groups is 2. The molecule has 0 atom stereocenters. The van der Waals surface area contributed by atoms with Gasteiger partial charge in [-0.25, -0.2) is 0 Å². The highest BCUT2D eigenvalue weighted by Gasteiger charge is 2.08. The van der Waals surface area contributed by atoms with Crippen molar-refractivity contribution >= 4 is 46.1 Å². The maximum atomic E-state index is 12.1. The molecule has 0 aliphatic rings. The molecule has 0 amide bonds. The van der Waals surface area contributed by atoms with Gasteiger partial charge in [-0.15, -0.1) is 0 Å². The Balaban J connectivity index is 3.44. The summed E-state index contributed by atoms with van der Waals surface area (Å²) in [6, 6.07) is 0. The lowest BCUT2D eigenvalue weighted by Crippen LogP contribution is -2.08. The Hall–Kier alpha value is -0.880. The summed E-state index contributed by atoms with van der Waals surface area (Å²) in [5, 5.41) is 0. The van der Waals surface area contributed by atoms with Crippen LogP contribution >= 0.6 is 24.4 Å². The number of carbonyl (C=O) groups is 2. The molecule has 0 radical (unpaired) electrons. The molecular weight excluding hydrogens is 633 g/mol. The SMILES string of the molecule is CCCCCCCCCCCCCCOC(=O)CCC(=S)CCCCCCC(=S)CCC(=O)OCCCCCCCCCCCCCC. The van der Waals surface area contributed by atoms with Crippen LogP contribution in [-0.4, -0.2) is 34.9 Å². The number of carbonyl (C=O) groups excluding carboxylic acids is 2. The van der Waals surface area contributed by atoms with Crippen LogP contribution in [0.4, 0.5) is 0 Å². The molecule has 0 bridgehead atoms. The van der Waals surface area contributed by atoms with Crippen molar-refractivity contribution in [3.63, 3.8) is 0 Å². The monoisotopic (exact) mass is 711 g/mol. The van der Waals surface area contributed by atoms with Gasteiger partial charge >= 0.3 is 11.9 Å². The van der Waals surface area contributed by atoms with E-state index in [0.717, 1.165) is 73.9 Å². The Morgan fingerprint density at radius 2 is 0.583 bits per heavy atom. The lowest BCUT2D eigenvalue weighted by molar-refractivity contribution is -0.144. The third-order valence-electron chi connectivity index (χ3n) is 9.40. The number of hydrogen-bond donors (Lipinski definition) is 0. The van der Waals surface area contributed by atoms with Gasteiger partial charge in [0.2, 0.25) is 0 Å². The number of hydrogen-bond acceptors (Lipinski definition) is 6. The van der Waals surface area contributed by atoms with Crippen molar-refractivity contribution in [2.45, 2.75) is 232 Å². The van der Waals surface area contributed by atoms with Crippen LogP contribution in [0.2, 0.25) is 0 Å². The van der Waals surface area contributed by atoms with Crippen molar-refractivity contribution in [3.05, 3.63) is 0 Å². The van der Waals surface area contributed by atoms with Crippen LogP contribution < -0.4 is 0 Å². The minimum atomic E-state index is -0.109. The highest BCUT2D eigenvalue weighted by Crippen LogP contribution is 2.15. The number of ether oxygens (including phenoxy) is 2. The van der Waals surface area contributed by atoms with Gasteiger partial charge in [0.05, 0.1) is 26.1 Å². The molecule has 6 heteroatoms. The zero-order chi connectivity index (χ0) is 35.2. The molecule has 0 rings (SSSR count). The number of unbranched alkanes of at least 4 members (excludes halogenated alkanes) is 25. The summed E-state index contributed by atoms with van der Waals surface area (Å²) in [7, 11) is 0. The van der Waals surface area contributed by atoms with Crippen LogP contribution in [0.15, 0.2) is 0 Å². The Morgan fingerprint density at radius 3 is 0.875 bits per heavy atom. The lowest BCUT2D eigenvalue weighted by Gasteiger charge is -2.07. The first-order chi connectivity index (χ1) is 23.5. The van der Waals surface area contributed by atoms with E-state index < -0.39 is 0 Å². The van der Waals surface area contributed by atoms with Gasteiger partial charge < -0.3 is 9.47 Å². The fraction of sp³-hybridized carbons (Fsp3) is 0.905. The zero-order valence-corrected chi connectivity index (χ0v) is 33.5. The summed E-state index contributed by atoms with van der Waals surface area (Å²) in [6.45, 7) is 5.63. The van der Waals surface area contributed by atoms with Crippen LogP contribution in [0.3, 0.4) is 0 Å². The fourth-order valence-electron chi connectivity index (χ4n) is 6.13. The normalized spacial score (nSPS) is 11.1. The fourth-order valence-corrected chi connectivity index (χ4v) is 6.63. The summed E-state index contributed by atoms with van der Waals surface area (Å²) in [6.07, 6.45) is 39.7. The van der Waals surface area contributed by atoms with E-state index in [1.807, 2.05) is 0 Å². The van der Waals surface area contributed by atoms with Gasteiger partial charge in [0.25, 0.3) is 0 Å². The van der Waals surface area contributed by atoms with Gasteiger partial charge in [-0.05, 0) is 61.1 Å². The molecule has 0 saturated heterocycles. The van der Waals surface area contributed by atoms with Crippen LogP contribution in [-0.2, 0) is 19.1 Å². The Bertz CT molecular complexity index is 692. The summed E-state index contributed by atoms with van der Waals surface area (Å²) >= 11 is 11.0. The molecule has 0 unspecified atom stereocenters. The van der Waals surface area contributed by atoms with Crippen molar-refractivity contribution in [3.8, 4) is 0 Å². The third-order valence-corrected chi connectivity index (χ3v) is 10.2. The quantitative estimate of drug-likeness (QED) is 0.0360. The number of esters is 2. The van der Waals surface area contributed by atoms with Gasteiger partial charge in [-0.2, -0.15) is 0 Å². The van der Waals surface area contributed by atoms with Crippen LogP contribution in [0, 0.1) is 0 Å². The maximum Gasteiger partial charge on any atom is 0.306 e. The molecule has 0 aromatic heterocycles. The zero-order valence-electron chi connectivity index (χ0n) is 31.9. The van der Waals surface area contributed by atoms with Gasteiger partial charge in [0.1, 0.15) is 0 Å². The summed E-state index contributed by atoms with van der Waals surface area (Å²) in [4.78, 5) is 26.1. The smallest absolute Gasteiger partial charge is 0.306 e. The summed E-state index contributed by atoms with van der Waals surface area (Å²) in [5.74, 6) is -0.218. The van der Waals surface area contributed by atoms with Gasteiger partial charge in [-0.3, -0.25) is 9.59 Å². The minimum absolute atomic E-state index is 0.109. The number of rotatable bonds is 39. The molecule has 0 spiro atoms. The predicted octanol–water partition coefficient (Wildman–Crippen LogP) is 14.1. The largest absolute Gasteiger partial charge is 0.466 e. The molecule has 48 heavy (non-hydrogen) atoms. The van der Waals surface area contributed by atoms with E-state index in [2.05, 4.69) is 13.8 Å². The topological polar surface area (TPSA) is 52.6 Å². The van der Waals surface area contributed by atoms with Crippen molar-refractivity contribution in [2.24, 2.45) is 0 Å². The molecule has 0 N–H and O–H groups in total. The first kappa shape index (κ1) is 47.1. The van der Waals surface area contributed by atoms with E-state index in [1.165, 1.54) is 128 Å². The van der Waals surface area contributed by atoms with E-state index in [9.17, 15) is 9.59 Å². The summed E-state index contributed by atoms with van der Waals surface area (Å²) in [5.41, 5.74) is 0. The van der Waals surface area contributed by atoms with Gasteiger partial charge in [-0.1, -0.05) is 192 Å². The van der Waals surface area contributed by atoms with Crippen LogP contribution in [0.5, 0.6) is 0 Å². The third kappa shape index (κ3) is 37.9. The molecular formula is C42H78O4S2. The molecule has 0 aromatic carbocycles. The molecule has 0 heterocycles. The van der Waals surface area contributed by atoms with Crippen LogP contribution in [0.1, 0.15) is 232 Å². The highest BCUT2D eigenvalue weighted by atomic mass is 32.1. The predicted molar refractivity (Wildman–Crippen MR) is 215 cm³/mol. The lowest BCUT2D eigenvalue weighted by atomic mass is 10.0. The van der Waals surface area contributed by atoms with E-state index in [1.54, 1.807) is 0 Å². The second-order valence-corrected chi connectivity index (χ2v) is 15.4. The van der Waals surface area contributed by atoms with Gasteiger partial charge in [0.15, 0.2) is 0 Å². The van der Waals surface area contributed by atoms with Crippen molar-refractivity contribution in [1.29, 1.82) is 0 Å². The second-order valence-electron chi connectivity index (χ2n) is 14.2. The van der Waals surface area contributed by atoms with Crippen molar-refractivity contribution < 1.29 is 19.1 Å². The van der Waals surface area contributed by atoms with E-state index >= 15 is 0 Å². The first-order valence-electron chi connectivity index (χ1n) is 20.8. The Labute approximate surface area is 309 Å². The average Bonchev–Trinajstić information content (AvgIpc) is 3.08. The standard InChI is InChI=1S/C42H78O4S2/c1-3-5-7-9-11-13-15-17-19-21-25-29-37-45-41(43)35-33-39(47)31-27-23-24-28-32-40(48)34-36-42(44)46-38-30-26-22-20-18-16-14-12-10-8-6-4-2/h3-38H2,1-2H3. The van der Waals surface area contributed by atoms with Crippen molar-refractivity contribution in [1.82, 2.24) is 0 Å². The molecule has 0 aliphatic heterocycles. The average molecular weight is 711 g/mol. The van der Waals surface area contributed by atoms with Crippen LogP contribution in [0.25, 0.3) is 0 Å². The minimum Gasteiger partial charge on any atom is -0.466 e. The summed E-state index contributed by atoms with van der Waals surface area (Å²) < 4.78 is 10.8. The Kier molecular flexibility index (Phi) is 38.2.